The zero-order valence-corrected chi connectivity index (χ0v) is 18.1. The third-order valence-corrected chi connectivity index (χ3v) is 6.87. The van der Waals surface area contributed by atoms with Crippen LogP contribution in [-0.4, -0.2) is 38.3 Å². The normalized spacial score (nSPS) is 14.8. The predicted octanol–water partition coefficient (Wildman–Crippen LogP) is 4.27. The summed E-state index contributed by atoms with van der Waals surface area (Å²) >= 11 is 3.37. The molecule has 0 atom stereocenters. The minimum Gasteiger partial charge on any atom is -0.493 e. The molecular formula is C20H23BrN2O4S. The van der Waals surface area contributed by atoms with Gasteiger partial charge in [-0.1, -0.05) is 22.9 Å². The van der Waals surface area contributed by atoms with Crippen LogP contribution < -0.4 is 10.1 Å². The quantitative estimate of drug-likeness (QED) is 0.660. The van der Waals surface area contributed by atoms with Crippen LogP contribution in [0.3, 0.4) is 0 Å². The average Bonchev–Trinajstić information content (AvgIpc) is 3.23. The topological polar surface area (TPSA) is 75.7 Å². The van der Waals surface area contributed by atoms with Gasteiger partial charge in [0.05, 0.1) is 17.1 Å². The Kier molecular flexibility index (Phi) is 6.74. The van der Waals surface area contributed by atoms with Gasteiger partial charge in [0.25, 0.3) is 5.91 Å². The van der Waals surface area contributed by atoms with Crippen LogP contribution in [0.15, 0.2) is 51.8 Å². The number of halogens is 1. The number of ether oxygens (including phenoxy) is 1. The second-order valence-corrected chi connectivity index (χ2v) is 9.43. The Hall–Kier alpha value is -1.90. The second kappa shape index (κ2) is 9.07. The Morgan fingerprint density at radius 3 is 2.46 bits per heavy atom. The highest BCUT2D eigenvalue weighted by atomic mass is 79.9. The van der Waals surface area contributed by atoms with E-state index >= 15 is 0 Å². The molecule has 1 heterocycles. The lowest BCUT2D eigenvalue weighted by Gasteiger charge is -2.16. The highest BCUT2D eigenvalue weighted by Crippen LogP contribution is 2.26. The number of carbonyl (C=O) groups is 1. The number of anilines is 1. The Morgan fingerprint density at radius 2 is 1.82 bits per heavy atom. The number of rotatable bonds is 7. The van der Waals surface area contributed by atoms with E-state index in [0.29, 0.717) is 36.7 Å². The molecule has 2 aromatic carbocycles. The van der Waals surface area contributed by atoms with Crippen molar-refractivity contribution in [3.63, 3.8) is 0 Å². The first-order chi connectivity index (χ1) is 13.4. The number of nitrogens with zero attached hydrogens (tertiary/aromatic N) is 1. The van der Waals surface area contributed by atoms with Gasteiger partial charge in [-0.3, -0.25) is 4.79 Å². The summed E-state index contributed by atoms with van der Waals surface area (Å²) in [4.78, 5) is 12.9. The molecular weight excluding hydrogens is 444 g/mol. The van der Waals surface area contributed by atoms with Gasteiger partial charge in [-0.2, -0.15) is 4.31 Å². The lowest BCUT2D eigenvalue weighted by Crippen LogP contribution is -2.27. The molecule has 1 aliphatic heterocycles. The van der Waals surface area contributed by atoms with Crippen molar-refractivity contribution < 1.29 is 17.9 Å². The van der Waals surface area contributed by atoms with Gasteiger partial charge in [0.2, 0.25) is 10.0 Å². The third-order valence-electron chi connectivity index (χ3n) is 4.46. The maximum Gasteiger partial charge on any atom is 0.259 e. The molecule has 0 aliphatic carbocycles. The SMILES string of the molecule is CCCOc1ccc(Br)cc1C(=O)Nc1ccc(S(=O)(=O)N2CCCC2)cc1. The first-order valence-corrected chi connectivity index (χ1v) is 11.5. The molecule has 28 heavy (non-hydrogen) atoms. The molecule has 1 N–H and O–H groups in total. The van der Waals surface area contributed by atoms with Crippen LogP contribution in [0.1, 0.15) is 36.5 Å². The average molecular weight is 467 g/mol. The van der Waals surface area contributed by atoms with E-state index in [0.717, 1.165) is 23.7 Å². The zero-order chi connectivity index (χ0) is 20.1. The molecule has 150 valence electrons. The minimum atomic E-state index is -3.46. The Balaban J connectivity index is 1.75. The van der Waals surface area contributed by atoms with Gasteiger partial charge >= 0.3 is 0 Å². The molecule has 0 bridgehead atoms. The molecule has 1 aliphatic rings. The van der Waals surface area contributed by atoms with E-state index in [9.17, 15) is 13.2 Å². The van der Waals surface area contributed by atoms with Crippen LogP contribution in [-0.2, 0) is 10.0 Å². The van der Waals surface area contributed by atoms with E-state index < -0.39 is 10.0 Å². The molecule has 0 radical (unpaired) electrons. The fourth-order valence-corrected chi connectivity index (χ4v) is 4.88. The van der Waals surface area contributed by atoms with Crippen molar-refractivity contribution in [2.75, 3.05) is 25.0 Å². The number of hydrogen-bond donors (Lipinski definition) is 1. The molecule has 1 fully saturated rings. The lowest BCUT2D eigenvalue weighted by atomic mass is 10.2. The Morgan fingerprint density at radius 1 is 1.14 bits per heavy atom. The fraction of sp³-hybridized carbons (Fsp3) is 0.350. The number of amides is 1. The first kappa shape index (κ1) is 20.8. The van der Waals surface area contributed by atoms with E-state index in [2.05, 4.69) is 21.2 Å². The van der Waals surface area contributed by atoms with Gasteiger partial charge in [0.1, 0.15) is 5.75 Å². The predicted molar refractivity (Wildman–Crippen MR) is 112 cm³/mol. The molecule has 0 unspecified atom stereocenters. The van der Waals surface area contributed by atoms with Crippen molar-refractivity contribution in [1.82, 2.24) is 4.31 Å². The van der Waals surface area contributed by atoms with Gasteiger partial charge in [-0.25, -0.2) is 8.42 Å². The summed E-state index contributed by atoms with van der Waals surface area (Å²) in [6.45, 7) is 3.63. The number of benzene rings is 2. The highest BCUT2D eigenvalue weighted by Gasteiger charge is 2.27. The molecule has 0 spiro atoms. The van der Waals surface area contributed by atoms with Crippen LogP contribution in [0.4, 0.5) is 5.69 Å². The summed E-state index contributed by atoms with van der Waals surface area (Å²) in [7, 11) is -3.46. The minimum absolute atomic E-state index is 0.238. The maximum absolute atomic E-state index is 12.7. The van der Waals surface area contributed by atoms with Crippen LogP contribution in [0.5, 0.6) is 5.75 Å². The monoisotopic (exact) mass is 466 g/mol. The smallest absolute Gasteiger partial charge is 0.259 e. The molecule has 1 amide bonds. The summed E-state index contributed by atoms with van der Waals surface area (Å²) in [5, 5.41) is 2.80. The van der Waals surface area contributed by atoms with Gasteiger partial charge in [-0.15, -0.1) is 0 Å². The van der Waals surface area contributed by atoms with Gasteiger partial charge in [-0.05, 0) is 61.7 Å². The molecule has 0 aromatic heterocycles. The molecule has 2 aromatic rings. The molecule has 6 nitrogen and oxygen atoms in total. The standard InChI is InChI=1S/C20H23BrN2O4S/c1-2-13-27-19-10-5-15(21)14-18(19)20(24)22-16-6-8-17(9-7-16)28(25,26)23-11-3-4-12-23/h5-10,14H,2-4,11-13H2,1H3,(H,22,24). The first-order valence-electron chi connectivity index (χ1n) is 9.25. The van der Waals surface area contributed by atoms with Crippen molar-refractivity contribution in [2.45, 2.75) is 31.1 Å². The highest BCUT2D eigenvalue weighted by molar-refractivity contribution is 9.10. The summed E-state index contributed by atoms with van der Waals surface area (Å²) < 4.78 is 33.1. The van der Waals surface area contributed by atoms with E-state index in [-0.39, 0.29) is 10.8 Å². The van der Waals surface area contributed by atoms with Crippen molar-refractivity contribution in [1.29, 1.82) is 0 Å². The molecule has 1 saturated heterocycles. The van der Waals surface area contributed by atoms with Crippen molar-refractivity contribution in [3.05, 3.63) is 52.5 Å². The second-order valence-electron chi connectivity index (χ2n) is 6.58. The van der Waals surface area contributed by atoms with Gasteiger partial charge < -0.3 is 10.1 Å². The summed E-state index contributed by atoms with van der Waals surface area (Å²) in [5.41, 5.74) is 0.934. The van der Waals surface area contributed by atoms with E-state index in [1.54, 1.807) is 24.3 Å². The van der Waals surface area contributed by atoms with E-state index in [1.807, 2.05) is 13.0 Å². The maximum atomic E-state index is 12.7. The summed E-state index contributed by atoms with van der Waals surface area (Å²) in [6.07, 6.45) is 2.62. The van der Waals surface area contributed by atoms with Crippen LogP contribution in [0, 0.1) is 0 Å². The molecule has 3 rings (SSSR count). The summed E-state index contributed by atoms with van der Waals surface area (Å²) in [6, 6.07) is 11.5. The van der Waals surface area contributed by atoms with E-state index in [1.165, 1.54) is 16.4 Å². The fourth-order valence-electron chi connectivity index (χ4n) is 3.00. The Bertz CT molecular complexity index is 939. The number of carbonyl (C=O) groups excluding carboxylic acids is 1. The van der Waals surface area contributed by atoms with Gasteiger partial charge in [0, 0.05) is 23.2 Å². The molecule has 0 saturated carbocycles. The van der Waals surface area contributed by atoms with Crippen molar-refractivity contribution in [3.8, 4) is 5.75 Å². The van der Waals surface area contributed by atoms with Crippen LogP contribution >= 0.6 is 15.9 Å². The number of hydrogen-bond acceptors (Lipinski definition) is 4. The largest absolute Gasteiger partial charge is 0.493 e. The van der Waals surface area contributed by atoms with E-state index in [4.69, 9.17) is 4.74 Å². The summed E-state index contributed by atoms with van der Waals surface area (Å²) in [5.74, 6) is 0.193. The third kappa shape index (κ3) is 4.74. The number of sulfonamides is 1. The number of nitrogens with one attached hydrogen (secondary N) is 1. The Labute approximate surface area is 174 Å². The van der Waals surface area contributed by atoms with Crippen LogP contribution in [0.25, 0.3) is 0 Å². The lowest BCUT2D eigenvalue weighted by molar-refractivity contribution is 0.102. The van der Waals surface area contributed by atoms with Crippen molar-refractivity contribution >= 4 is 37.5 Å². The molecule has 8 heteroatoms. The zero-order valence-electron chi connectivity index (χ0n) is 15.7. The van der Waals surface area contributed by atoms with Crippen molar-refractivity contribution in [2.24, 2.45) is 0 Å². The van der Waals surface area contributed by atoms with Gasteiger partial charge in [0.15, 0.2) is 0 Å². The van der Waals surface area contributed by atoms with Crippen LogP contribution in [0.2, 0.25) is 0 Å².